The fourth-order valence-corrected chi connectivity index (χ4v) is 0.810. The maximum Gasteiger partial charge on any atom is 0.184 e. The summed E-state index contributed by atoms with van der Waals surface area (Å²) in [7, 11) is 0. The first kappa shape index (κ1) is 5.43. The third kappa shape index (κ3) is 0.608. The Labute approximate surface area is 57.1 Å². The third-order valence-electron chi connectivity index (χ3n) is 1.33. The number of nitrogens with zero attached hydrogens (tertiary/aromatic N) is 4. The fourth-order valence-electron chi connectivity index (χ4n) is 0.810. The molecule has 0 saturated carbocycles. The van der Waals surface area contributed by atoms with Crippen molar-refractivity contribution in [3.05, 3.63) is 11.8 Å². The lowest BCUT2D eigenvalue weighted by atomic mass is 10.2. The van der Waals surface area contributed by atoms with E-state index in [0.29, 0.717) is 5.84 Å². The molecule has 2 aliphatic heterocycles. The van der Waals surface area contributed by atoms with E-state index in [9.17, 15) is 0 Å². The zero-order chi connectivity index (χ0) is 6.97. The van der Waals surface area contributed by atoms with Crippen molar-refractivity contribution in [1.82, 2.24) is 0 Å². The predicted molar refractivity (Wildman–Crippen MR) is 36.8 cm³/mol. The highest BCUT2D eigenvalue weighted by Crippen LogP contribution is 2.14. The summed E-state index contributed by atoms with van der Waals surface area (Å²) in [6, 6.07) is 0. The molecule has 0 aliphatic carbocycles. The maximum atomic E-state index is 5.55. The van der Waals surface area contributed by atoms with Gasteiger partial charge in [0.05, 0.1) is 11.8 Å². The van der Waals surface area contributed by atoms with Crippen LogP contribution in [0.5, 0.6) is 0 Å². The molecular weight excluding hydrogens is 130 g/mol. The molecular formula is C5H5N5. The molecule has 0 aromatic rings. The molecule has 5 nitrogen and oxygen atoms in total. The van der Waals surface area contributed by atoms with E-state index in [-0.39, 0.29) is 6.17 Å². The Hall–Kier alpha value is -1.36. The van der Waals surface area contributed by atoms with Gasteiger partial charge in [0.25, 0.3) is 0 Å². The van der Waals surface area contributed by atoms with Crippen LogP contribution in [-0.4, -0.2) is 18.3 Å². The van der Waals surface area contributed by atoms with E-state index in [4.69, 9.17) is 5.73 Å². The van der Waals surface area contributed by atoms with E-state index in [0.717, 1.165) is 5.57 Å². The standard InChI is InChI=1S/C5H5N5/c6-4-3-1-9-10-5(3)8-2-7-4/h1-2,4H,6H2. The summed E-state index contributed by atoms with van der Waals surface area (Å²) in [6.07, 6.45) is 2.66. The van der Waals surface area contributed by atoms with Crippen molar-refractivity contribution >= 4 is 12.2 Å². The average Bonchev–Trinajstić information content (AvgIpc) is 2.36. The van der Waals surface area contributed by atoms with Crippen molar-refractivity contribution in [1.29, 1.82) is 0 Å². The van der Waals surface area contributed by atoms with E-state index in [1.54, 1.807) is 6.20 Å². The molecule has 2 rings (SSSR count). The van der Waals surface area contributed by atoms with Gasteiger partial charge in [0.2, 0.25) is 0 Å². The van der Waals surface area contributed by atoms with Gasteiger partial charge in [0.1, 0.15) is 12.5 Å². The van der Waals surface area contributed by atoms with Crippen molar-refractivity contribution in [2.24, 2.45) is 25.9 Å². The van der Waals surface area contributed by atoms with Gasteiger partial charge >= 0.3 is 0 Å². The molecule has 0 radical (unpaired) electrons. The normalized spacial score (nSPS) is 27.9. The third-order valence-corrected chi connectivity index (χ3v) is 1.33. The summed E-state index contributed by atoms with van der Waals surface area (Å²) >= 11 is 0. The second kappa shape index (κ2) is 1.81. The molecule has 0 spiro atoms. The van der Waals surface area contributed by atoms with Gasteiger partial charge < -0.3 is 5.73 Å². The number of azo groups is 1. The summed E-state index contributed by atoms with van der Waals surface area (Å²) in [6.45, 7) is 0. The molecule has 50 valence electrons. The van der Waals surface area contributed by atoms with E-state index in [1.807, 2.05) is 0 Å². The first-order valence-electron chi connectivity index (χ1n) is 2.84. The van der Waals surface area contributed by atoms with E-state index >= 15 is 0 Å². The summed E-state index contributed by atoms with van der Waals surface area (Å²) < 4.78 is 0. The first-order chi connectivity index (χ1) is 4.88. The molecule has 5 heteroatoms. The Kier molecular flexibility index (Phi) is 0.983. The van der Waals surface area contributed by atoms with Gasteiger partial charge in [-0.3, -0.25) is 0 Å². The number of aliphatic imine (C=N–C) groups is 2. The van der Waals surface area contributed by atoms with Crippen LogP contribution in [0.15, 0.2) is 32.0 Å². The topological polar surface area (TPSA) is 75.5 Å². The Morgan fingerprint density at radius 1 is 1.50 bits per heavy atom. The van der Waals surface area contributed by atoms with Gasteiger partial charge in [-0.15, -0.1) is 5.11 Å². The highest BCUT2D eigenvalue weighted by atomic mass is 15.2. The number of fused-ring (bicyclic) bond motifs is 1. The average molecular weight is 135 g/mol. The fraction of sp³-hybridized carbons (Fsp3) is 0.200. The quantitative estimate of drug-likeness (QED) is 0.501. The molecule has 1 unspecified atom stereocenters. The van der Waals surface area contributed by atoms with Crippen molar-refractivity contribution in [2.45, 2.75) is 6.17 Å². The molecule has 0 saturated heterocycles. The zero-order valence-electron chi connectivity index (χ0n) is 5.10. The van der Waals surface area contributed by atoms with E-state index < -0.39 is 0 Å². The van der Waals surface area contributed by atoms with Gasteiger partial charge in [-0.2, -0.15) is 5.11 Å². The molecule has 10 heavy (non-hydrogen) atoms. The van der Waals surface area contributed by atoms with Crippen molar-refractivity contribution in [2.75, 3.05) is 0 Å². The number of amidine groups is 1. The Bertz CT molecular complexity index is 272. The molecule has 0 aromatic carbocycles. The van der Waals surface area contributed by atoms with Crippen LogP contribution in [0.3, 0.4) is 0 Å². The van der Waals surface area contributed by atoms with Crippen LogP contribution in [-0.2, 0) is 0 Å². The second-order valence-corrected chi connectivity index (χ2v) is 1.96. The molecule has 2 heterocycles. The minimum Gasteiger partial charge on any atom is -0.306 e. The molecule has 0 fully saturated rings. The number of hydrogen-bond donors (Lipinski definition) is 1. The van der Waals surface area contributed by atoms with Gasteiger partial charge in [0, 0.05) is 0 Å². The predicted octanol–water partition coefficient (Wildman–Crippen LogP) is 0.0613. The Balaban J connectivity index is 2.45. The largest absolute Gasteiger partial charge is 0.306 e. The molecule has 1 atom stereocenters. The van der Waals surface area contributed by atoms with Gasteiger partial charge in [-0.25, -0.2) is 9.98 Å². The van der Waals surface area contributed by atoms with Crippen LogP contribution >= 0.6 is 0 Å². The molecule has 0 aromatic heterocycles. The van der Waals surface area contributed by atoms with E-state index in [1.165, 1.54) is 6.34 Å². The molecule has 0 bridgehead atoms. The van der Waals surface area contributed by atoms with Crippen LogP contribution in [0.1, 0.15) is 0 Å². The first-order valence-corrected chi connectivity index (χ1v) is 2.84. The summed E-state index contributed by atoms with van der Waals surface area (Å²) in [4.78, 5) is 7.71. The maximum absolute atomic E-state index is 5.55. The lowest BCUT2D eigenvalue weighted by molar-refractivity contribution is 0.847. The highest BCUT2D eigenvalue weighted by Gasteiger charge is 2.19. The van der Waals surface area contributed by atoms with Gasteiger partial charge in [-0.05, 0) is 0 Å². The SMILES string of the molecule is NC1N=CN=C2N=NC=C21. The van der Waals surface area contributed by atoms with E-state index in [2.05, 4.69) is 20.2 Å². The number of nitrogens with two attached hydrogens (primary N) is 1. The van der Waals surface area contributed by atoms with Gasteiger partial charge in [-0.1, -0.05) is 0 Å². The smallest absolute Gasteiger partial charge is 0.184 e. The Morgan fingerprint density at radius 2 is 2.40 bits per heavy atom. The minimum atomic E-state index is -0.331. The summed E-state index contributed by atoms with van der Waals surface area (Å²) in [5, 5.41) is 7.37. The van der Waals surface area contributed by atoms with Crippen molar-refractivity contribution < 1.29 is 0 Å². The van der Waals surface area contributed by atoms with Crippen LogP contribution in [0.4, 0.5) is 0 Å². The molecule has 2 N–H and O–H groups in total. The van der Waals surface area contributed by atoms with Crippen LogP contribution in [0, 0.1) is 0 Å². The van der Waals surface area contributed by atoms with Crippen LogP contribution in [0.25, 0.3) is 0 Å². The minimum absolute atomic E-state index is 0.331. The van der Waals surface area contributed by atoms with Gasteiger partial charge in [0.15, 0.2) is 5.84 Å². The molecule has 2 aliphatic rings. The van der Waals surface area contributed by atoms with Crippen molar-refractivity contribution in [3.8, 4) is 0 Å². The lowest BCUT2D eigenvalue weighted by Gasteiger charge is -2.08. The monoisotopic (exact) mass is 135 g/mol. The second-order valence-electron chi connectivity index (χ2n) is 1.96. The number of hydrogen-bond acceptors (Lipinski definition) is 5. The summed E-state index contributed by atoms with van der Waals surface area (Å²) in [5.74, 6) is 0.586. The number of rotatable bonds is 0. The van der Waals surface area contributed by atoms with Crippen LogP contribution in [0.2, 0.25) is 0 Å². The van der Waals surface area contributed by atoms with Crippen LogP contribution < -0.4 is 5.73 Å². The van der Waals surface area contributed by atoms with Crippen molar-refractivity contribution in [3.63, 3.8) is 0 Å². The molecule has 0 amide bonds. The Morgan fingerprint density at radius 3 is 3.20 bits per heavy atom. The lowest BCUT2D eigenvalue weighted by Crippen LogP contribution is -2.25. The highest BCUT2D eigenvalue weighted by molar-refractivity contribution is 6.05. The summed E-state index contributed by atoms with van der Waals surface area (Å²) in [5.41, 5.74) is 6.35. The zero-order valence-corrected chi connectivity index (χ0v) is 5.10.